The molecule has 0 aliphatic rings. The second-order valence-electron chi connectivity index (χ2n) is 6.90. The van der Waals surface area contributed by atoms with E-state index in [-0.39, 0.29) is 11.4 Å². The number of anilines is 1. The molecule has 1 aromatic heterocycles. The maximum Gasteiger partial charge on any atom is 0.416 e. The molecule has 4 aromatic rings. The standard InChI is InChI=1S/C23H16BrF3N4OS/c24-17-11-9-15(10-12-17)21-29-30-22(31(21)19-7-2-1-3-8-19)33-14-20(32)28-18-6-4-5-16(13-18)23(25,26)27/h1-13H,14H2,(H,28,32). The molecule has 10 heteroatoms. The van der Waals surface area contributed by atoms with E-state index in [4.69, 9.17) is 0 Å². The van der Waals surface area contributed by atoms with Gasteiger partial charge in [0.2, 0.25) is 5.91 Å². The molecular weight excluding hydrogens is 517 g/mol. The second-order valence-corrected chi connectivity index (χ2v) is 8.76. The van der Waals surface area contributed by atoms with E-state index in [0.29, 0.717) is 11.0 Å². The lowest BCUT2D eigenvalue weighted by atomic mass is 10.2. The lowest BCUT2D eigenvalue weighted by molar-refractivity contribution is -0.137. The van der Waals surface area contributed by atoms with Crippen molar-refractivity contribution in [2.45, 2.75) is 11.3 Å². The highest BCUT2D eigenvalue weighted by Crippen LogP contribution is 2.31. The van der Waals surface area contributed by atoms with Crippen LogP contribution in [0.4, 0.5) is 18.9 Å². The molecule has 3 aromatic carbocycles. The van der Waals surface area contributed by atoms with E-state index in [0.717, 1.165) is 39.6 Å². The summed E-state index contributed by atoms with van der Waals surface area (Å²) in [5.41, 5.74) is 0.919. The molecule has 0 fully saturated rings. The van der Waals surface area contributed by atoms with Crippen LogP contribution in [0.25, 0.3) is 17.1 Å². The first-order valence-electron chi connectivity index (χ1n) is 9.68. The van der Waals surface area contributed by atoms with Gasteiger partial charge in [-0.3, -0.25) is 9.36 Å². The van der Waals surface area contributed by atoms with Crippen LogP contribution in [-0.2, 0) is 11.0 Å². The molecule has 1 amide bonds. The van der Waals surface area contributed by atoms with Crippen molar-refractivity contribution >= 4 is 39.3 Å². The highest BCUT2D eigenvalue weighted by atomic mass is 79.9. The predicted molar refractivity (Wildman–Crippen MR) is 125 cm³/mol. The van der Waals surface area contributed by atoms with Crippen molar-refractivity contribution in [2.24, 2.45) is 0 Å². The van der Waals surface area contributed by atoms with E-state index < -0.39 is 17.6 Å². The van der Waals surface area contributed by atoms with Gasteiger partial charge < -0.3 is 5.32 Å². The molecule has 0 saturated carbocycles. The third kappa shape index (κ3) is 5.63. The number of benzene rings is 3. The smallest absolute Gasteiger partial charge is 0.325 e. The van der Waals surface area contributed by atoms with E-state index in [1.165, 1.54) is 12.1 Å². The molecular formula is C23H16BrF3N4OS. The van der Waals surface area contributed by atoms with Crippen LogP contribution in [0.15, 0.2) is 88.5 Å². The number of nitrogens with zero attached hydrogens (tertiary/aromatic N) is 3. The van der Waals surface area contributed by atoms with Crippen LogP contribution in [0.1, 0.15) is 5.56 Å². The summed E-state index contributed by atoms with van der Waals surface area (Å²) in [6.45, 7) is 0. The molecule has 168 valence electrons. The lowest BCUT2D eigenvalue weighted by Crippen LogP contribution is -2.15. The molecule has 0 spiro atoms. The van der Waals surface area contributed by atoms with Crippen molar-refractivity contribution in [1.29, 1.82) is 0 Å². The third-order valence-corrected chi connectivity index (χ3v) is 6.01. The number of amides is 1. The number of hydrogen-bond donors (Lipinski definition) is 1. The Morgan fingerprint density at radius 3 is 2.39 bits per heavy atom. The number of para-hydroxylation sites is 1. The fourth-order valence-electron chi connectivity index (χ4n) is 3.06. The van der Waals surface area contributed by atoms with Gasteiger partial charge >= 0.3 is 6.18 Å². The lowest BCUT2D eigenvalue weighted by Gasteiger charge is -2.11. The van der Waals surface area contributed by atoms with Gasteiger partial charge in [0.1, 0.15) is 0 Å². The molecule has 0 aliphatic carbocycles. The molecule has 0 saturated heterocycles. The number of rotatable bonds is 6. The summed E-state index contributed by atoms with van der Waals surface area (Å²) >= 11 is 4.56. The Labute approximate surface area is 200 Å². The summed E-state index contributed by atoms with van der Waals surface area (Å²) in [7, 11) is 0. The first kappa shape index (κ1) is 23.1. The Kier molecular flexibility index (Phi) is 6.85. The Bertz CT molecular complexity index is 1260. The Morgan fingerprint density at radius 1 is 0.970 bits per heavy atom. The van der Waals surface area contributed by atoms with Gasteiger partial charge in [-0.15, -0.1) is 10.2 Å². The number of nitrogens with one attached hydrogen (secondary N) is 1. The molecule has 5 nitrogen and oxygen atoms in total. The fourth-order valence-corrected chi connectivity index (χ4v) is 4.08. The number of thioether (sulfide) groups is 1. The summed E-state index contributed by atoms with van der Waals surface area (Å²) in [4.78, 5) is 12.4. The summed E-state index contributed by atoms with van der Waals surface area (Å²) in [6.07, 6.45) is -4.48. The average molecular weight is 533 g/mol. The van der Waals surface area contributed by atoms with Crippen LogP contribution in [0.5, 0.6) is 0 Å². The first-order chi connectivity index (χ1) is 15.8. The van der Waals surface area contributed by atoms with Gasteiger partial charge in [0, 0.05) is 21.4 Å². The van der Waals surface area contributed by atoms with Gasteiger partial charge in [-0.1, -0.05) is 64.1 Å². The van der Waals surface area contributed by atoms with Crippen LogP contribution in [0.3, 0.4) is 0 Å². The fraction of sp³-hybridized carbons (Fsp3) is 0.0870. The quantitative estimate of drug-likeness (QED) is 0.290. The molecule has 0 radical (unpaired) electrons. The minimum atomic E-state index is -4.48. The molecule has 33 heavy (non-hydrogen) atoms. The van der Waals surface area contributed by atoms with Gasteiger partial charge in [0.25, 0.3) is 0 Å². The number of aromatic nitrogens is 3. The van der Waals surface area contributed by atoms with E-state index in [9.17, 15) is 18.0 Å². The van der Waals surface area contributed by atoms with Gasteiger partial charge in [-0.2, -0.15) is 13.2 Å². The molecule has 0 bridgehead atoms. The van der Waals surface area contributed by atoms with E-state index in [2.05, 4.69) is 31.4 Å². The zero-order valence-corrected chi connectivity index (χ0v) is 19.3. The van der Waals surface area contributed by atoms with Crippen molar-refractivity contribution in [3.63, 3.8) is 0 Å². The van der Waals surface area contributed by atoms with E-state index in [1.807, 2.05) is 59.2 Å². The zero-order valence-electron chi connectivity index (χ0n) is 16.9. The molecule has 0 atom stereocenters. The average Bonchev–Trinajstić information content (AvgIpc) is 3.22. The maximum absolute atomic E-state index is 12.9. The first-order valence-corrected chi connectivity index (χ1v) is 11.5. The summed E-state index contributed by atoms with van der Waals surface area (Å²) in [5, 5.41) is 11.6. The van der Waals surface area contributed by atoms with Crippen LogP contribution in [0, 0.1) is 0 Å². The zero-order chi connectivity index (χ0) is 23.4. The number of carbonyl (C=O) groups is 1. The molecule has 1 N–H and O–H groups in total. The number of alkyl halides is 3. The Balaban J connectivity index is 1.55. The molecule has 4 rings (SSSR count). The van der Waals surface area contributed by atoms with Crippen molar-refractivity contribution in [3.8, 4) is 17.1 Å². The predicted octanol–water partition coefficient (Wildman–Crippen LogP) is 6.45. The van der Waals surface area contributed by atoms with Crippen LogP contribution >= 0.6 is 27.7 Å². The van der Waals surface area contributed by atoms with Gasteiger partial charge in [0.05, 0.1) is 11.3 Å². The SMILES string of the molecule is O=C(CSc1nnc(-c2ccc(Br)cc2)n1-c1ccccc1)Nc1cccc(C(F)(F)F)c1. The van der Waals surface area contributed by atoms with Crippen LogP contribution < -0.4 is 5.32 Å². The monoisotopic (exact) mass is 532 g/mol. The highest BCUT2D eigenvalue weighted by Gasteiger charge is 2.30. The molecule has 0 unspecified atom stereocenters. The number of carbonyl (C=O) groups excluding carboxylic acids is 1. The van der Waals surface area contributed by atoms with Crippen molar-refractivity contribution in [1.82, 2.24) is 14.8 Å². The topological polar surface area (TPSA) is 59.8 Å². The van der Waals surface area contributed by atoms with Crippen LogP contribution in [0.2, 0.25) is 0 Å². The minimum Gasteiger partial charge on any atom is -0.325 e. The van der Waals surface area contributed by atoms with Gasteiger partial charge in [-0.25, -0.2) is 0 Å². The van der Waals surface area contributed by atoms with E-state index >= 15 is 0 Å². The second kappa shape index (κ2) is 9.80. The van der Waals surface area contributed by atoms with Crippen molar-refractivity contribution in [3.05, 3.63) is 88.9 Å². The van der Waals surface area contributed by atoms with Gasteiger partial charge in [0.15, 0.2) is 11.0 Å². The molecule has 0 aliphatic heterocycles. The van der Waals surface area contributed by atoms with Crippen molar-refractivity contribution in [2.75, 3.05) is 11.1 Å². The van der Waals surface area contributed by atoms with Gasteiger partial charge in [-0.05, 0) is 42.5 Å². The minimum absolute atomic E-state index is 0.0540. The number of hydrogen-bond acceptors (Lipinski definition) is 4. The van der Waals surface area contributed by atoms with E-state index in [1.54, 1.807) is 0 Å². The number of halogens is 4. The summed E-state index contributed by atoms with van der Waals surface area (Å²) in [6, 6.07) is 21.6. The Morgan fingerprint density at radius 2 is 1.70 bits per heavy atom. The summed E-state index contributed by atoms with van der Waals surface area (Å²) < 4.78 is 41.5. The molecule has 1 heterocycles. The third-order valence-electron chi connectivity index (χ3n) is 4.56. The Hall–Kier alpha value is -3.11. The highest BCUT2D eigenvalue weighted by molar-refractivity contribution is 9.10. The van der Waals surface area contributed by atoms with Crippen molar-refractivity contribution < 1.29 is 18.0 Å². The normalized spacial score (nSPS) is 11.4. The maximum atomic E-state index is 12.9. The summed E-state index contributed by atoms with van der Waals surface area (Å²) in [5.74, 6) is 0.100. The van der Waals surface area contributed by atoms with Crippen LogP contribution in [-0.4, -0.2) is 26.4 Å². The largest absolute Gasteiger partial charge is 0.416 e.